The second kappa shape index (κ2) is 10.9. The first-order chi connectivity index (χ1) is 16.0. The highest BCUT2D eigenvalue weighted by atomic mass is 79.9. The second-order valence-electron chi connectivity index (χ2n) is 8.33. The Morgan fingerprint density at radius 3 is 2.88 bits per heavy atom. The van der Waals surface area contributed by atoms with Crippen LogP contribution in [0.3, 0.4) is 0 Å². The van der Waals surface area contributed by atoms with E-state index in [0.717, 1.165) is 40.7 Å². The van der Waals surface area contributed by atoms with Gasteiger partial charge in [0.25, 0.3) is 0 Å². The number of likely N-dealkylation sites (tertiary alicyclic amines) is 1. The average molecular weight is 513 g/mol. The number of hydrogen-bond donors (Lipinski definition) is 1. The number of ether oxygens (including phenoxy) is 1. The second-order valence-corrected chi connectivity index (χ2v) is 9.24. The quantitative estimate of drug-likeness (QED) is 0.458. The van der Waals surface area contributed by atoms with E-state index in [1.807, 2.05) is 62.4 Å². The van der Waals surface area contributed by atoms with Gasteiger partial charge in [-0.15, -0.1) is 0 Å². The summed E-state index contributed by atoms with van der Waals surface area (Å²) in [4.78, 5) is 19.7. The molecule has 0 radical (unpaired) electrons. The Labute approximate surface area is 202 Å². The summed E-state index contributed by atoms with van der Waals surface area (Å²) in [5, 5.41) is 7.29. The van der Waals surface area contributed by atoms with Gasteiger partial charge >= 0.3 is 0 Å². The summed E-state index contributed by atoms with van der Waals surface area (Å²) >= 11 is 3.47. The summed E-state index contributed by atoms with van der Waals surface area (Å²) in [6.07, 6.45) is 1.84. The molecule has 3 aromatic rings. The molecule has 1 N–H and O–H groups in total. The zero-order valence-corrected chi connectivity index (χ0v) is 20.5. The van der Waals surface area contributed by atoms with Crippen molar-refractivity contribution in [3.05, 3.63) is 64.5 Å². The highest BCUT2D eigenvalue weighted by Gasteiger charge is 2.28. The molecule has 0 bridgehead atoms. The molecule has 0 saturated carbocycles. The molecule has 7 nitrogen and oxygen atoms in total. The van der Waals surface area contributed by atoms with Gasteiger partial charge in [0.15, 0.2) is 0 Å². The van der Waals surface area contributed by atoms with Crippen molar-refractivity contribution < 1.29 is 14.1 Å². The van der Waals surface area contributed by atoms with Crippen LogP contribution in [0.5, 0.6) is 5.75 Å². The molecule has 2 heterocycles. The van der Waals surface area contributed by atoms with Gasteiger partial charge in [0, 0.05) is 16.6 Å². The first-order valence-electron chi connectivity index (χ1n) is 11.4. The molecular formula is C25H29BrN4O3. The third-order valence-electron chi connectivity index (χ3n) is 5.84. The summed E-state index contributed by atoms with van der Waals surface area (Å²) in [5.74, 6) is 2.00. The highest BCUT2D eigenvalue weighted by Crippen LogP contribution is 2.23. The summed E-state index contributed by atoms with van der Waals surface area (Å²) < 4.78 is 11.9. The van der Waals surface area contributed by atoms with E-state index in [1.165, 1.54) is 0 Å². The Bertz CT molecular complexity index is 1070. The maximum Gasteiger partial charge on any atom is 0.241 e. The van der Waals surface area contributed by atoms with E-state index in [0.29, 0.717) is 31.4 Å². The average Bonchev–Trinajstić information content (AvgIpc) is 3.28. The summed E-state index contributed by atoms with van der Waals surface area (Å²) in [6, 6.07) is 15.6. The van der Waals surface area contributed by atoms with E-state index in [-0.39, 0.29) is 17.9 Å². The number of halogens is 1. The van der Waals surface area contributed by atoms with Crippen LogP contribution in [0.15, 0.2) is 57.5 Å². The van der Waals surface area contributed by atoms with Crippen molar-refractivity contribution in [2.45, 2.75) is 39.3 Å². The van der Waals surface area contributed by atoms with Crippen LogP contribution in [0.4, 0.5) is 0 Å². The SMILES string of the molecule is CCOc1ccc(C(C)NC(=O)C2CCCN(Cc3nc(-c4cccc(Br)c4)no3)C2)cc1. The van der Waals surface area contributed by atoms with Crippen molar-refractivity contribution in [2.24, 2.45) is 5.92 Å². The van der Waals surface area contributed by atoms with Crippen LogP contribution in [0.25, 0.3) is 11.4 Å². The summed E-state index contributed by atoms with van der Waals surface area (Å²) in [5.41, 5.74) is 1.96. The van der Waals surface area contributed by atoms with Crippen LogP contribution < -0.4 is 10.1 Å². The smallest absolute Gasteiger partial charge is 0.241 e. The van der Waals surface area contributed by atoms with Crippen molar-refractivity contribution >= 4 is 21.8 Å². The molecule has 1 aliphatic rings. The lowest BCUT2D eigenvalue weighted by atomic mass is 9.96. The topological polar surface area (TPSA) is 80.5 Å². The van der Waals surface area contributed by atoms with E-state index in [2.05, 4.69) is 36.3 Å². The molecule has 2 unspecified atom stereocenters. The van der Waals surface area contributed by atoms with Crippen LogP contribution in [0, 0.1) is 5.92 Å². The minimum absolute atomic E-state index is 0.0589. The molecule has 1 aromatic heterocycles. The van der Waals surface area contributed by atoms with Gasteiger partial charge in [-0.1, -0.05) is 45.4 Å². The van der Waals surface area contributed by atoms with Crippen LogP contribution in [0.1, 0.15) is 44.2 Å². The first-order valence-corrected chi connectivity index (χ1v) is 12.1. The normalized spacial score (nSPS) is 17.5. The highest BCUT2D eigenvalue weighted by molar-refractivity contribution is 9.10. The minimum atomic E-state index is -0.0627. The van der Waals surface area contributed by atoms with Gasteiger partial charge < -0.3 is 14.6 Å². The lowest BCUT2D eigenvalue weighted by Crippen LogP contribution is -2.43. The number of benzene rings is 2. The third kappa shape index (κ3) is 6.21. The van der Waals surface area contributed by atoms with Gasteiger partial charge in [0.05, 0.1) is 25.1 Å². The number of nitrogens with zero attached hydrogens (tertiary/aromatic N) is 3. The number of amides is 1. The zero-order chi connectivity index (χ0) is 23.2. The fourth-order valence-electron chi connectivity index (χ4n) is 4.10. The first kappa shape index (κ1) is 23.4. The van der Waals surface area contributed by atoms with Crippen molar-refractivity contribution in [3.8, 4) is 17.1 Å². The lowest BCUT2D eigenvalue weighted by Gasteiger charge is -2.31. The maximum atomic E-state index is 13.0. The Kier molecular flexibility index (Phi) is 7.77. The maximum absolute atomic E-state index is 13.0. The van der Waals surface area contributed by atoms with Crippen molar-refractivity contribution in [3.63, 3.8) is 0 Å². The van der Waals surface area contributed by atoms with E-state index in [4.69, 9.17) is 9.26 Å². The predicted molar refractivity (Wildman–Crippen MR) is 130 cm³/mol. The van der Waals surface area contributed by atoms with E-state index in [9.17, 15) is 4.79 Å². The molecule has 1 fully saturated rings. The Morgan fingerprint density at radius 2 is 2.12 bits per heavy atom. The molecule has 1 aliphatic heterocycles. The molecule has 2 aromatic carbocycles. The molecule has 1 amide bonds. The predicted octanol–water partition coefficient (Wildman–Crippen LogP) is 4.99. The molecule has 2 atom stereocenters. The van der Waals surface area contributed by atoms with Crippen LogP contribution in [0.2, 0.25) is 0 Å². The van der Waals surface area contributed by atoms with Crippen LogP contribution >= 0.6 is 15.9 Å². The van der Waals surface area contributed by atoms with Crippen molar-refractivity contribution in [1.29, 1.82) is 0 Å². The zero-order valence-electron chi connectivity index (χ0n) is 19.0. The van der Waals surface area contributed by atoms with E-state index >= 15 is 0 Å². The molecule has 8 heteroatoms. The fraction of sp³-hybridized carbons (Fsp3) is 0.400. The summed E-state index contributed by atoms with van der Waals surface area (Å²) in [7, 11) is 0. The number of nitrogens with one attached hydrogen (secondary N) is 1. The molecule has 0 aliphatic carbocycles. The van der Waals surface area contributed by atoms with Crippen molar-refractivity contribution in [2.75, 3.05) is 19.7 Å². The van der Waals surface area contributed by atoms with Crippen molar-refractivity contribution in [1.82, 2.24) is 20.4 Å². The largest absolute Gasteiger partial charge is 0.494 e. The molecule has 33 heavy (non-hydrogen) atoms. The Balaban J connectivity index is 1.32. The summed E-state index contributed by atoms with van der Waals surface area (Å²) in [6.45, 7) is 6.74. The molecular weight excluding hydrogens is 484 g/mol. The standard InChI is InChI=1S/C25H29BrN4O3/c1-3-32-22-11-9-18(10-12-22)17(2)27-25(31)20-7-5-13-30(15-20)16-23-28-24(29-33-23)19-6-4-8-21(26)14-19/h4,6,8-12,14,17,20H,3,5,7,13,15-16H2,1-2H3,(H,27,31). The lowest BCUT2D eigenvalue weighted by molar-refractivity contribution is -0.127. The van der Waals surface area contributed by atoms with Gasteiger partial charge in [0.2, 0.25) is 17.6 Å². The number of rotatable bonds is 8. The molecule has 174 valence electrons. The third-order valence-corrected chi connectivity index (χ3v) is 6.33. The Morgan fingerprint density at radius 1 is 1.30 bits per heavy atom. The number of carbonyl (C=O) groups is 1. The molecule has 4 rings (SSSR count). The number of piperidine rings is 1. The monoisotopic (exact) mass is 512 g/mol. The van der Waals surface area contributed by atoms with Gasteiger partial charge in [0.1, 0.15) is 5.75 Å². The minimum Gasteiger partial charge on any atom is -0.494 e. The van der Waals surface area contributed by atoms with Gasteiger partial charge in [-0.3, -0.25) is 9.69 Å². The molecule has 1 saturated heterocycles. The van der Waals surface area contributed by atoms with E-state index in [1.54, 1.807) is 0 Å². The fourth-order valence-corrected chi connectivity index (χ4v) is 4.50. The number of carbonyl (C=O) groups excluding carboxylic acids is 1. The van der Waals surface area contributed by atoms with Crippen LogP contribution in [-0.2, 0) is 11.3 Å². The number of aromatic nitrogens is 2. The van der Waals surface area contributed by atoms with E-state index < -0.39 is 0 Å². The number of hydrogen-bond acceptors (Lipinski definition) is 6. The van der Waals surface area contributed by atoms with Gasteiger partial charge in [-0.2, -0.15) is 4.98 Å². The van der Waals surface area contributed by atoms with Gasteiger partial charge in [-0.25, -0.2) is 0 Å². The van der Waals surface area contributed by atoms with Crippen LogP contribution in [-0.4, -0.2) is 40.6 Å². The Hall–Kier alpha value is -2.71. The molecule has 0 spiro atoms. The van der Waals surface area contributed by atoms with Gasteiger partial charge in [-0.05, 0) is 63.1 Å².